The number of aliphatic hydroxyl groups excluding tert-OH is 1. The molecule has 3 rings (SSSR count). The summed E-state index contributed by atoms with van der Waals surface area (Å²) in [6.45, 7) is 3.45. The van der Waals surface area contributed by atoms with Crippen LogP contribution >= 0.6 is 11.3 Å². The van der Waals surface area contributed by atoms with E-state index in [2.05, 4.69) is 4.98 Å². The van der Waals surface area contributed by atoms with E-state index >= 15 is 0 Å². The second-order valence-corrected chi connectivity index (χ2v) is 7.03. The van der Waals surface area contributed by atoms with E-state index in [1.54, 1.807) is 15.2 Å². The molecule has 0 saturated carbocycles. The molecule has 0 radical (unpaired) electrons. The Morgan fingerprint density at radius 2 is 2.14 bits per heavy atom. The van der Waals surface area contributed by atoms with Crippen molar-refractivity contribution in [3.05, 3.63) is 16.1 Å². The van der Waals surface area contributed by atoms with Gasteiger partial charge >= 0.3 is 0 Å². The maximum absolute atomic E-state index is 12.9. The van der Waals surface area contributed by atoms with Gasteiger partial charge in [0.2, 0.25) is 5.91 Å². The van der Waals surface area contributed by atoms with E-state index < -0.39 is 5.54 Å². The summed E-state index contributed by atoms with van der Waals surface area (Å²) in [5, 5.41) is 11.8. The van der Waals surface area contributed by atoms with Crippen molar-refractivity contribution in [2.45, 2.75) is 38.1 Å². The highest BCUT2D eigenvalue weighted by Gasteiger charge is 2.52. The number of hydrogen-bond donors (Lipinski definition) is 1. The van der Waals surface area contributed by atoms with Gasteiger partial charge in [0.15, 0.2) is 0 Å². The summed E-state index contributed by atoms with van der Waals surface area (Å²) in [5.74, 6) is -0.147. The van der Waals surface area contributed by atoms with Gasteiger partial charge in [-0.15, -0.1) is 11.3 Å². The van der Waals surface area contributed by atoms with Gasteiger partial charge in [-0.05, 0) is 32.6 Å². The van der Waals surface area contributed by atoms with Crippen LogP contribution in [-0.4, -0.2) is 63.5 Å². The Hall–Kier alpha value is -1.47. The maximum atomic E-state index is 12.9. The van der Waals surface area contributed by atoms with Crippen molar-refractivity contribution >= 4 is 23.2 Å². The first-order chi connectivity index (χ1) is 10.6. The molecule has 0 aromatic carbocycles. The van der Waals surface area contributed by atoms with Crippen LogP contribution in [0.3, 0.4) is 0 Å². The van der Waals surface area contributed by atoms with E-state index in [0.29, 0.717) is 38.2 Å². The molecule has 1 spiro atoms. The lowest BCUT2D eigenvalue weighted by molar-refractivity contribution is -0.146. The van der Waals surface area contributed by atoms with Crippen LogP contribution in [0.4, 0.5) is 0 Å². The summed E-state index contributed by atoms with van der Waals surface area (Å²) in [6.07, 6.45) is 3.13. The van der Waals surface area contributed by atoms with Crippen molar-refractivity contribution in [1.82, 2.24) is 14.8 Å². The molecule has 7 heteroatoms. The minimum absolute atomic E-state index is 0.00870. The molecule has 1 atom stereocenters. The minimum atomic E-state index is -0.720. The van der Waals surface area contributed by atoms with E-state index in [4.69, 9.17) is 5.11 Å². The standard InChI is InChI=1S/C15H21N3O3S/c1-11-16-12(10-22-11)13(20)18-7-3-5-15(18)4-2-6-17(8-9-19)14(15)21/h10,19H,2-9H2,1H3. The highest BCUT2D eigenvalue weighted by molar-refractivity contribution is 7.09. The predicted molar refractivity (Wildman–Crippen MR) is 82.8 cm³/mol. The maximum Gasteiger partial charge on any atom is 0.274 e. The Labute approximate surface area is 133 Å². The summed E-state index contributed by atoms with van der Waals surface area (Å²) in [6, 6.07) is 0. The number of aromatic nitrogens is 1. The molecule has 2 amide bonds. The normalized spacial score (nSPS) is 25.3. The van der Waals surface area contributed by atoms with Crippen molar-refractivity contribution in [1.29, 1.82) is 0 Å². The van der Waals surface area contributed by atoms with Gasteiger partial charge in [0.05, 0.1) is 11.6 Å². The molecule has 1 aromatic heterocycles. The molecule has 1 N–H and O–H groups in total. The Bertz CT molecular complexity index is 586. The van der Waals surface area contributed by atoms with Gasteiger partial charge < -0.3 is 14.9 Å². The number of aryl methyl sites for hydroxylation is 1. The number of aliphatic hydroxyl groups is 1. The molecule has 0 aliphatic carbocycles. The van der Waals surface area contributed by atoms with Crippen molar-refractivity contribution in [2.24, 2.45) is 0 Å². The molecular formula is C15H21N3O3S. The first kappa shape index (κ1) is 15.4. The summed E-state index contributed by atoms with van der Waals surface area (Å²) < 4.78 is 0. The number of rotatable bonds is 3. The van der Waals surface area contributed by atoms with Crippen LogP contribution in [0.15, 0.2) is 5.38 Å². The quantitative estimate of drug-likeness (QED) is 0.902. The van der Waals surface area contributed by atoms with Crippen LogP contribution in [0, 0.1) is 6.92 Å². The SMILES string of the molecule is Cc1nc(C(=O)N2CCCC23CCCN(CCO)C3=O)cs1. The predicted octanol–water partition coefficient (Wildman–Crippen LogP) is 1.04. The number of piperidine rings is 1. The largest absolute Gasteiger partial charge is 0.395 e. The van der Waals surface area contributed by atoms with Gasteiger partial charge in [-0.3, -0.25) is 9.59 Å². The average molecular weight is 323 g/mol. The Balaban J connectivity index is 1.88. The first-order valence-corrected chi connectivity index (χ1v) is 8.61. The van der Waals surface area contributed by atoms with E-state index in [1.807, 2.05) is 6.92 Å². The number of hydrogen-bond acceptors (Lipinski definition) is 5. The Morgan fingerprint density at radius 1 is 1.41 bits per heavy atom. The molecule has 2 aliphatic heterocycles. The lowest BCUT2D eigenvalue weighted by Crippen LogP contribution is -2.61. The fraction of sp³-hybridized carbons (Fsp3) is 0.667. The third kappa shape index (κ3) is 2.42. The van der Waals surface area contributed by atoms with E-state index in [-0.39, 0.29) is 18.4 Å². The Morgan fingerprint density at radius 3 is 2.77 bits per heavy atom. The van der Waals surface area contributed by atoms with Crippen molar-refractivity contribution in [3.8, 4) is 0 Å². The lowest BCUT2D eigenvalue weighted by atomic mass is 9.85. The van der Waals surface area contributed by atoms with Crippen molar-refractivity contribution in [3.63, 3.8) is 0 Å². The van der Waals surface area contributed by atoms with Crippen molar-refractivity contribution < 1.29 is 14.7 Å². The summed E-state index contributed by atoms with van der Waals surface area (Å²) in [5.41, 5.74) is -0.280. The van der Waals surface area contributed by atoms with Gasteiger partial charge in [-0.25, -0.2) is 4.98 Å². The number of thiazole rings is 1. The Kier molecular flexibility index (Phi) is 4.18. The van der Waals surface area contributed by atoms with Crippen LogP contribution in [0.1, 0.15) is 41.2 Å². The molecule has 2 aliphatic rings. The molecule has 1 unspecified atom stereocenters. The fourth-order valence-corrected chi connectivity index (χ4v) is 4.24. The molecule has 3 heterocycles. The zero-order chi connectivity index (χ0) is 15.7. The number of carbonyl (C=O) groups is 2. The second kappa shape index (κ2) is 5.96. The number of β-amino-alcohol motifs (C(OH)–C–C–N with tert-alkyl or cyclic N) is 1. The van der Waals surface area contributed by atoms with Crippen LogP contribution in [-0.2, 0) is 4.79 Å². The molecule has 22 heavy (non-hydrogen) atoms. The van der Waals surface area contributed by atoms with Gasteiger partial charge in [0.25, 0.3) is 5.91 Å². The van der Waals surface area contributed by atoms with Gasteiger partial charge in [0, 0.05) is 25.0 Å². The molecular weight excluding hydrogens is 302 g/mol. The average Bonchev–Trinajstić information content (AvgIpc) is 3.11. The van der Waals surface area contributed by atoms with Gasteiger partial charge in [-0.1, -0.05) is 0 Å². The van der Waals surface area contributed by atoms with Gasteiger partial charge in [-0.2, -0.15) is 0 Å². The lowest BCUT2D eigenvalue weighted by Gasteiger charge is -2.44. The molecule has 120 valence electrons. The third-order valence-corrected chi connectivity index (χ3v) is 5.42. The zero-order valence-electron chi connectivity index (χ0n) is 12.7. The smallest absolute Gasteiger partial charge is 0.274 e. The van der Waals surface area contributed by atoms with E-state index in [9.17, 15) is 9.59 Å². The van der Waals surface area contributed by atoms with Crippen molar-refractivity contribution in [2.75, 3.05) is 26.2 Å². The number of nitrogens with zero attached hydrogens (tertiary/aromatic N) is 3. The molecule has 0 bridgehead atoms. The number of likely N-dealkylation sites (tertiary alicyclic amines) is 2. The topological polar surface area (TPSA) is 73.7 Å². The van der Waals surface area contributed by atoms with Gasteiger partial charge in [0.1, 0.15) is 11.2 Å². The van der Waals surface area contributed by atoms with E-state index in [1.165, 1.54) is 11.3 Å². The summed E-state index contributed by atoms with van der Waals surface area (Å²) in [7, 11) is 0. The second-order valence-electron chi connectivity index (χ2n) is 5.96. The highest BCUT2D eigenvalue weighted by atomic mass is 32.1. The number of carbonyl (C=O) groups excluding carboxylic acids is 2. The molecule has 1 aromatic rings. The highest BCUT2D eigenvalue weighted by Crippen LogP contribution is 2.39. The molecule has 6 nitrogen and oxygen atoms in total. The zero-order valence-corrected chi connectivity index (χ0v) is 13.6. The molecule has 2 fully saturated rings. The first-order valence-electron chi connectivity index (χ1n) is 7.73. The fourth-order valence-electron chi connectivity index (χ4n) is 3.66. The molecule has 2 saturated heterocycles. The van der Waals surface area contributed by atoms with E-state index in [0.717, 1.165) is 17.8 Å². The van der Waals surface area contributed by atoms with Crippen LogP contribution < -0.4 is 0 Å². The van der Waals surface area contributed by atoms with Crippen LogP contribution in [0.2, 0.25) is 0 Å². The summed E-state index contributed by atoms with van der Waals surface area (Å²) >= 11 is 1.45. The minimum Gasteiger partial charge on any atom is -0.395 e. The van der Waals surface area contributed by atoms with Crippen LogP contribution in [0.5, 0.6) is 0 Å². The third-order valence-electron chi connectivity index (χ3n) is 4.65. The summed E-state index contributed by atoms with van der Waals surface area (Å²) in [4.78, 5) is 33.4. The number of amides is 2. The van der Waals surface area contributed by atoms with Crippen LogP contribution in [0.25, 0.3) is 0 Å². The monoisotopic (exact) mass is 323 g/mol.